The molecule has 3 aromatic rings. The number of anilines is 1. The van der Waals surface area contributed by atoms with Crippen LogP contribution in [0.15, 0.2) is 60.8 Å². The number of rotatable bonds is 50. The highest BCUT2D eigenvalue weighted by Gasteiger charge is 2.34. The van der Waals surface area contributed by atoms with Crippen molar-refractivity contribution in [1.29, 1.82) is 0 Å². The summed E-state index contributed by atoms with van der Waals surface area (Å²) in [5.74, 6) is -0.682. The Kier molecular flexibility index (Phi) is 35.2. The summed E-state index contributed by atoms with van der Waals surface area (Å²) in [6.07, 6.45) is 45.8. The fourth-order valence-corrected chi connectivity index (χ4v) is 11.5. The van der Waals surface area contributed by atoms with Crippen molar-refractivity contribution in [2.75, 3.05) is 90.6 Å². The lowest BCUT2D eigenvalue weighted by molar-refractivity contribution is 0.0135. The number of carbonyl (C=O) groups is 2. The molecule has 2 aromatic carbocycles. The molecular formula is C63H103N6O9P. The molecule has 0 saturated carbocycles. The van der Waals surface area contributed by atoms with Gasteiger partial charge in [0.25, 0.3) is 11.8 Å². The first-order chi connectivity index (χ1) is 38.9. The summed E-state index contributed by atoms with van der Waals surface area (Å²) < 4.78 is 50.2. The average molecular weight is 1120 g/mol. The number of ether oxygens (including phenoxy) is 4. The van der Waals surface area contributed by atoms with Gasteiger partial charge in [0.15, 0.2) is 0 Å². The van der Waals surface area contributed by atoms with Gasteiger partial charge in [-0.2, -0.15) is 0 Å². The minimum Gasteiger partial charge on any atom is -0.378 e. The summed E-state index contributed by atoms with van der Waals surface area (Å²) in [6.45, 7) is 11.3. The van der Waals surface area contributed by atoms with Gasteiger partial charge in [0, 0.05) is 47.2 Å². The molecule has 0 unspecified atom stereocenters. The van der Waals surface area contributed by atoms with Crippen LogP contribution in [0.2, 0.25) is 0 Å². The molecule has 1 N–H and O–H groups in total. The SMILES string of the molecule is CCCCCCCC/C=C\CCCCCCCCOP(=O)(NCCOCCOCCOCCn1cc(CN2C(=O)c3cccc4c(N5CCOCC5)ccc(c34)C2=O)nn1)OCCCCCCCC/C=C\CCCCCCCC. The molecule has 16 heteroatoms. The van der Waals surface area contributed by atoms with E-state index in [9.17, 15) is 14.2 Å². The van der Waals surface area contributed by atoms with Crippen LogP contribution in [0.5, 0.6) is 0 Å². The Balaban J connectivity index is 0.896. The van der Waals surface area contributed by atoms with Gasteiger partial charge in [0.1, 0.15) is 5.69 Å². The topological polar surface area (TPSA) is 156 Å². The van der Waals surface area contributed by atoms with E-state index >= 15 is 0 Å². The first-order valence-corrected chi connectivity index (χ1v) is 32.8. The Bertz CT molecular complexity index is 2130. The Hall–Kier alpha value is -3.79. The lowest BCUT2D eigenvalue weighted by Gasteiger charge is -2.32. The van der Waals surface area contributed by atoms with Crippen molar-refractivity contribution >= 4 is 36.0 Å². The number of unbranched alkanes of at least 4 members (excludes halogenated alkanes) is 24. The van der Waals surface area contributed by atoms with E-state index in [2.05, 4.69) is 58.5 Å². The molecule has 1 fully saturated rings. The van der Waals surface area contributed by atoms with Crippen molar-refractivity contribution in [3.05, 3.63) is 77.7 Å². The zero-order valence-electron chi connectivity index (χ0n) is 49.0. The number of hydrogen-bond acceptors (Lipinski definition) is 12. The van der Waals surface area contributed by atoms with Gasteiger partial charge in [0.2, 0.25) is 0 Å². The standard InChI is InChI=1S/C63H103N6O9P/c1-3-5-7-9-11-13-15-17-19-21-23-25-27-29-31-33-44-77-79(72,78-45-34-32-30-28-26-24-22-20-18-16-14-12-10-8-6-4-2)64-40-46-73-50-52-76-53-51-75-49-43-68-54-56(65-66-68)55-69-62(70)58-37-35-36-57-60(67-41-47-74-48-42-67)39-38-59(61(57)58)63(69)71/h17-20,35-39,54H,3-16,21-34,40-53,55H2,1-2H3,(H,64,72)/b19-17-,20-18-. The van der Waals surface area contributed by atoms with Crippen LogP contribution in [-0.4, -0.2) is 117 Å². The second-order valence-electron chi connectivity index (χ2n) is 21.4. The van der Waals surface area contributed by atoms with Crippen molar-refractivity contribution in [3.63, 3.8) is 0 Å². The number of imide groups is 1. The predicted octanol–water partition coefficient (Wildman–Crippen LogP) is 14.9. The molecule has 0 atom stereocenters. The third-order valence-electron chi connectivity index (χ3n) is 14.8. The number of hydrogen-bond donors (Lipinski definition) is 1. The fraction of sp³-hybridized carbons (Fsp3) is 0.714. The summed E-state index contributed by atoms with van der Waals surface area (Å²) in [6, 6.07) is 9.45. The highest BCUT2D eigenvalue weighted by Crippen LogP contribution is 2.44. The molecular weight excluding hydrogens is 1020 g/mol. The number of carbonyl (C=O) groups excluding carboxylic acids is 2. The van der Waals surface area contributed by atoms with Gasteiger partial charge in [-0.3, -0.25) is 23.5 Å². The van der Waals surface area contributed by atoms with Crippen LogP contribution in [0.1, 0.15) is 220 Å². The van der Waals surface area contributed by atoms with E-state index < -0.39 is 7.75 Å². The average Bonchev–Trinajstić information content (AvgIpc) is 4.02. The van der Waals surface area contributed by atoms with Gasteiger partial charge in [-0.05, 0) is 82.4 Å². The van der Waals surface area contributed by atoms with E-state index in [-0.39, 0.29) is 18.4 Å². The van der Waals surface area contributed by atoms with E-state index in [4.69, 9.17) is 28.0 Å². The maximum Gasteiger partial charge on any atom is 0.405 e. The first kappa shape index (κ1) is 66.0. The number of nitrogens with zero attached hydrogens (tertiary/aromatic N) is 5. The van der Waals surface area contributed by atoms with E-state index in [1.54, 1.807) is 16.9 Å². The maximum atomic E-state index is 13.8. The molecule has 0 aliphatic carbocycles. The number of allylic oxidation sites excluding steroid dienone is 4. The highest BCUT2D eigenvalue weighted by molar-refractivity contribution is 7.51. The molecule has 2 aliphatic rings. The van der Waals surface area contributed by atoms with Crippen LogP contribution >= 0.6 is 7.75 Å². The number of aromatic nitrogens is 3. The van der Waals surface area contributed by atoms with Gasteiger partial charge in [0.05, 0.1) is 85.4 Å². The third-order valence-corrected chi connectivity index (χ3v) is 16.5. The van der Waals surface area contributed by atoms with Crippen molar-refractivity contribution in [2.24, 2.45) is 0 Å². The molecule has 0 radical (unpaired) electrons. The quantitative estimate of drug-likeness (QED) is 0.0247. The number of nitrogens with one attached hydrogen (secondary N) is 1. The Morgan fingerprint density at radius 1 is 0.570 bits per heavy atom. The summed E-state index contributed by atoms with van der Waals surface area (Å²) in [5.41, 5.74) is 2.54. The molecule has 1 aromatic heterocycles. The first-order valence-electron chi connectivity index (χ1n) is 31.2. The summed E-state index contributed by atoms with van der Waals surface area (Å²) in [4.78, 5) is 30.9. The molecule has 444 valence electrons. The second kappa shape index (κ2) is 42.1. The summed E-state index contributed by atoms with van der Waals surface area (Å²) in [5, 5.41) is 13.1. The van der Waals surface area contributed by atoms with Crippen LogP contribution in [0.3, 0.4) is 0 Å². The van der Waals surface area contributed by atoms with Crippen LogP contribution in [0.4, 0.5) is 5.69 Å². The van der Waals surface area contributed by atoms with Crippen LogP contribution in [-0.2, 0) is 45.6 Å². The zero-order chi connectivity index (χ0) is 55.7. The molecule has 0 spiro atoms. The molecule has 0 bridgehead atoms. The molecule has 79 heavy (non-hydrogen) atoms. The molecule has 15 nitrogen and oxygen atoms in total. The van der Waals surface area contributed by atoms with E-state index in [1.807, 2.05) is 24.3 Å². The molecule has 2 amide bonds. The molecule has 2 aliphatic heterocycles. The van der Waals surface area contributed by atoms with Crippen molar-refractivity contribution in [1.82, 2.24) is 25.0 Å². The van der Waals surface area contributed by atoms with Gasteiger partial charge in [-0.15, -0.1) is 5.10 Å². The number of benzene rings is 2. The molecule has 5 rings (SSSR count). The zero-order valence-corrected chi connectivity index (χ0v) is 49.9. The van der Waals surface area contributed by atoms with Gasteiger partial charge in [-0.25, -0.2) is 14.3 Å². The lowest BCUT2D eigenvalue weighted by atomic mass is 9.92. The summed E-state index contributed by atoms with van der Waals surface area (Å²) >= 11 is 0. The van der Waals surface area contributed by atoms with Crippen LogP contribution in [0, 0.1) is 0 Å². The van der Waals surface area contributed by atoms with E-state index in [0.29, 0.717) is 101 Å². The lowest BCUT2D eigenvalue weighted by Crippen LogP contribution is -2.40. The van der Waals surface area contributed by atoms with Gasteiger partial charge < -0.3 is 23.8 Å². The van der Waals surface area contributed by atoms with E-state index in [1.165, 1.54) is 146 Å². The number of amides is 2. The van der Waals surface area contributed by atoms with Crippen LogP contribution in [0.25, 0.3) is 10.8 Å². The predicted molar refractivity (Wildman–Crippen MR) is 320 cm³/mol. The van der Waals surface area contributed by atoms with Crippen molar-refractivity contribution in [3.8, 4) is 0 Å². The minimum atomic E-state index is -3.47. The van der Waals surface area contributed by atoms with Gasteiger partial charge in [-0.1, -0.05) is 171 Å². The smallest absolute Gasteiger partial charge is 0.378 e. The Morgan fingerprint density at radius 3 is 1.59 bits per heavy atom. The van der Waals surface area contributed by atoms with Crippen molar-refractivity contribution in [2.45, 2.75) is 207 Å². The van der Waals surface area contributed by atoms with E-state index in [0.717, 1.165) is 62.7 Å². The second-order valence-corrected chi connectivity index (χ2v) is 23.2. The summed E-state index contributed by atoms with van der Waals surface area (Å²) in [7, 11) is -3.47. The van der Waals surface area contributed by atoms with Crippen LogP contribution < -0.4 is 9.99 Å². The third kappa shape index (κ3) is 26.8. The monoisotopic (exact) mass is 1120 g/mol. The van der Waals surface area contributed by atoms with Crippen molar-refractivity contribution < 1.29 is 42.1 Å². The minimum absolute atomic E-state index is 0.0168. The number of morpholine rings is 1. The maximum absolute atomic E-state index is 13.8. The molecule has 1 saturated heterocycles. The van der Waals surface area contributed by atoms with Gasteiger partial charge >= 0.3 is 7.75 Å². The Morgan fingerprint density at radius 2 is 1.05 bits per heavy atom. The fourth-order valence-electron chi connectivity index (χ4n) is 10.2. The largest absolute Gasteiger partial charge is 0.405 e. The normalized spacial score (nSPS) is 14.2. The highest BCUT2D eigenvalue weighted by atomic mass is 31.2. The Labute approximate surface area is 476 Å². The molecule has 3 heterocycles.